The minimum atomic E-state index is -0.0733. The molecule has 4 rings (SSSR count). The van der Waals surface area contributed by atoms with Gasteiger partial charge in [0.2, 0.25) is 0 Å². The normalized spacial score (nSPS) is 11.2. The van der Waals surface area contributed by atoms with Crippen molar-refractivity contribution in [2.24, 2.45) is 0 Å². The lowest BCUT2D eigenvalue weighted by atomic mass is 10.1. The van der Waals surface area contributed by atoms with Gasteiger partial charge in [0.25, 0.3) is 0 Å². The summed E-state index contributed by atoms with van der Waals surface area (Å²) in [6, 6.07) is 16.2. The number of hydrogen-bond donors (Lipinski definition) is 0. The summed E-state index contributed by atoms with van der Waals surface area (Å²) in [6.45, 7) is 0. The molecule has 4 aromatic rings. The summed E-state index contributed by atoms with van der Waals surface area (Å²) in [4.78, 5) is 17.2. The molecule has 0 aliphatic heterocycles. The van der Waals surface area contributed by atoms with Crippen LogP contribution >= 0.6 is 23.2 Å². The molecule has 5 heteroatoms. The van der Waals surface area contributed by atoms with Crippen molar-refractivity contribution in [1.82, 2.24) is 9.55 Å². The largest absolute Gasteiger partial charge is 0.294 e. The maximum absolute atomic E-state index is 12.7. The van der Waals surface area contributed by atoms with Crippen molar-refractivity contribution in [3.05, 3.63) is 81.1 Å². The summed E-state index contributed by atoms with van der Waals surface area (Å²) in [6.07, 6.45) is 1.68. The fourth-order valence-corrected chi connectivity index (χ4v) is 3.05. The van der Waals surface area contributed by atoms with Gasteiger partial charge < -0.3 is 0 Å². The molecule has 2 aromatic heterocycles. The van der Waals surface area contributed by atoms with Crippen LogP contribution in [0.5, 0.6) is 0 Å². The van der Waals surface area contributed by atoms with E-state index in [0.717, 1.165) is 11.2 Å². The van der Waals surface area contributed by atoms with E-state index in [-0.39, 0.29) is 5.43 Å². The second-order valence-corrected chi connectivity index (χ2v) is 6.05. The van der Waals surface area contributed by atoms with Gasteiger partial charge in [-0.3, -0.25) is 9.36 Å². The lowest BCUT2D eigenvalue weighted by Gasteiger charge is -2.14. The topological polar surface area (TPSA) is 34.9 Å². The Kier molecular flexibility index (Phi) is 3.33. The van der Waals surface area contributed by atoms with Crippen molar-refractivity contribution in [2.75, 3.05) is 0 Å². The van der Waals surface area contributed by atoms with Crippen molar-refractivity contribution in [2.45, 2.75) is 0 Å². The molecule has 0 aliphatic rings. The molecule has 2 aromatic carbocycles. The van der Waals surface area contributed by atoms with Crippen LogP contribution in [0.4, 0.5) is 0 Å². The molecule has 0 aliphatic carbocycles. The number of rotatable bonds is 1. The molecule has 0 amide bonds. The van der Waals surface area contributed by atoms with Gasteiger partial charge in [0.15, 0.2) is 5.43 Å². The molecule has 0 saturated heterocycles. The van der Waals surface area contributed by atoms with Gasteiger partial charge in [-0.05, 0) is 54.6 Å². The van der Waals surface area contributed by atoms with Crippen molar-refractivity contribution >= 4 is 45.1 Å². The maximum atomic E-state index is 12.7. The number of halogens is 2. The molecule has 0 atom stereocenters. The Morgan fingerprint density at radius 2 is 1.61 bits per heavy atom. The van der Waals surface area contributed by atoms with E-state index < -0.39 is 0 Å². The first-order valence-corrected chi connectivity index (χ1v) is 7.76. The van der Waals surface area contributed by atoms with E-state index >= 15 is 0 Å². The van der Waals surface area contributed by atoms with Gasteiger partial charge in [0.1, 0.15) is 5.65 Å². The first-order valence-electron chi connectivity index (χ1n) is 7.00. The summed E-state index contributed by atoms with van der Waals surface area (Å²) in [5.74, 6) is 0. The van der Waals surface area contributed by atoms with Crippen molar-refractivity contribution in [1.29, 1.82) is 0 Å². The quantitative estimate of drug-likeness (QED) is 0.464. The Morgan fingerprint density at radius 1 is 0.870 bits per heavy atom. The first-order chi connectivity index (χ1) is 11.1. The molecule has 0 N–H and O–H groups in total. The summed E-state index contributed by atoms with van der Waals surface area (Å²) in [5, 5.41) is 2.30. The molecule has 0 bridgehead atoms. The van der Waals surface area contributed by atoms with Gasteiger partial charge in [0, 0.05) is 27.3 Å². The highest BCUT2D eigenvalue weighted by Crippen LogP contribution is 2.25. The molecule has 0 radical (unpaired) electrons. The van der Waals surface area contributed by atoms with E-state index in [1.165, 1.54) is 0 Å². The average Bonchev–Trinajstić information content (AvgIpc) is 2.57. The average molecular weight is 341 g/mol. The Labute approximate surface area is 141 Å². The molecular weight excluding hydrogens is 331 g/mol. The van der Waals surface area contributed by atoms with Crippen molar-refractivity contribution in [3.8, 4) is 5.69 Å². The van der Waals surface area contributed by atoms with E-state index in [0.29, 0.717) is 26.5 Å². The van der Waals surface area contributed by atoms with Gasteiger partial charge >= 0.3 is 0 Å². The van der Waals surface area contributed by atoms with Crippen LogP contribution in [0.25, 0.3) is 27.6 Å². The molecule has 112 valence electrons. The number of benzene rings is 2. The van der Waals surface area contributed by atoms with Gasteiger partial charge in [-0.25, -0.2) is 4.98 Å². The van der Waals surface area contributed by atoms with Crippen LogP contribution in [-0.2, 0) is 0 Å². The van der Waals surface area contributed by atoms with Gasteiger partial charge in [-0.1, -0.05) is 23.2 Å². The molecule has 3 nitrogen and oxygen atoms in total. The van der Waals surface area contributed by atoms with Crippen LogP contribution in [0.2, 0.25) is 10.0 Å². The molecule has 0 unspecified atom stereocenters. The number of pyridine rings is 2. The third-order valence-electron chi connectivity index (χ3n) is 3.77. The Hall–Kier alpha value is -2.36. The van der Waals surface area contributed by atoms with Crippen molar-refractivity contribution < 1.29 is 0 Å². The fraction of sp³-hybridized carbons (Fsp3) is 0. The van der Waals surface area contributed by atoms with E-state index in [1.807, 2.05) is 34.9 Å². The monoisotopic (exact) mass is 340 g/mol. The van der Waals surface area contributed by atoms with Gasteiger partial charge in [0.05, 0.1) is 10.9 Å². The van der Waals surface area contributed by atoms with Crippen molar-refractivity contribution in [3.63, 3.8) is 0 Å². The van der Waals surface area contributed by atoms with E-state index in [1.54, 1.807) is 30.5 Å². The molecule has 0 fully saturated rings. The third kappa shape index (κ3) is 2.29. The zero-order valence-electron chi connectivity index (χ0n) is 11.8. The number of hydrogen-bond acceptors (Lipinski definition) is 2. The highest BCUT2D eigenvalue weighted by molar-refractivity contribution is 6.31. The second kappa shape index (κ2) is 5.37. The predicted molar refractivity (Wildman–Crippen MR) is 94.9 cm³/mol. The summed E-state index contributed by atoms with van der Waals surface area (Å²) in [7, 11) is 0. The number of nitrogens with zero attached hydrogens (tertiary/aromatic N) is 2. The smallest absolute Gasteiger partial charge is 0.198 e. The molecule has 23 heavy (non-hydrogen) atoms. The van der Waals surface area contributed by atoms with Crippen LogP contribution in [0.1, 0.15) is 0 Å². The van der Waals surface area contributed by atoms with Crippen LogP contribution in [0.15, 0.2) is 65.6 Å². The van der Waals surface area contributed by atoms with Crippen LogP contribution in [0, 0.1) is 0 Å². The van der Waals surface area contributed by atoms with Crippen LogP contribution in [-0.4, -0.2) is 9.55 Å². The predicted octanol–water partition coefficient (Wildman–Crippen LogP) is 4.85. The lowest BCUT2D eigenvalue weighted by Crippen LogP contribution is -2.11. The lowest BCUT2D eigenvalue weighted by molar-refractivity contribution is 1.12. The maximum Gasteiger partial charge on any atom is 0.198 e. The molecule has 2 heterocycles. The Morgan fingerprint density at radius 3 is 2.39 bits per heavy atom. The van der Waals surface area contributed by atoms with E-state index in [9.17, 15) is 4.79 Å². The van der Waals surface area contributed by atoms with Gasteiger partial charge in [-0.15, -0.1) is 0 Å². The minimum Gasteiger partial charge on any atom is -0.294 e. The second-order valence-electron chi connectivity index (χ2n) is 5.18. The van der Waals surface area contributed by atoms with E-state index in [2.05, 4.69) is 4.98 Å². The standard InChI is InChI=1S/C18H10Cl2N2O/c19-11-3-6-13(7-4-11)22-16-8-5-12(20)10-15(16)17(23)14-2-1-9-21-18(14)22/h1-10H. The Bertz CT molecular complexity index is 1100. The number of fused-ring (bicyclic) bond motifs is 2. The van der Waals surface area contributed by atoms with Gasteiger partial charge in [-0.2, -0.15) is 0 Å². The molecule has 0 saturated carbocycles. The Balaban J connectivity index is 2.25. The number of aromatic nitrogens is 2. The highest BCUT2D eigenvalue weighted by atomic mass is 35.5. The van der Waals surface area contributed by atoms with E-state index in [4.69, 9.17) is 23.2 Å². The summed E-state index contributed by atoms with van der Waals surface area (Å²) < 4.78 is 1.94. The van der Waals surface area contributed by atoms with Crippen LogP contribution in [0.3, 0.4) is 0 Å². The third-order valence-corrected chi connectivity index (χ3v) is 4.26. The minimum absolute atomic E-state index is 0.0733. The molecule has 0 spiro atoms. The SMILES string of the molecule is O=c1c2cc(Cl)ccc2n(-c2ccc(Cl)cc2)c2ncccc12. The summed E-state index contributed by atoms with van der Waals surface area (Å²) >= 11 is 12.1. The van der Waals surface area contributed by atoms with Crippen LogP contribution < -0.4 is 5.43 Å². The highest BCUT2D eigenvalue weighted by Gasteiger charge is 2.13. The first kappa shape index (κ1) is 14.2. The molecular formula is C18H10Cl2N2O. The summed E-state index contributed by atoms with van der Waals surface area (Å²) in [5.41, 5.74) is 2.17. The zero-order valence-corrected chi connectivity index (χ0v) is 13.3. The zero-order chi connectivity index (χ0) is 16.0. The fourth-order valence-electron chi connectivity index (χ4n) is 2.75.